The Morgan fingerprint density at radius 1 is 0.727 bits per heavy atom. The van der Waals surface area contributed by atoms with Gasteiger partial charge in [-0.15, -0.1) is 12.4 Å². The number of quaternary nitrogens is 1. The quantitative estimate of drug-likeness (QED) is 0.416. The molecule has 0 radical (unpaired) electrons. The Bertz CT molecular complexity index is 219. The average molecular weight is 355 g/mol. The van der Waals surface area contributed by atoms with Crippen LogP contribution in [0, 0.1) is 0 Å². The molecular formula is C18H40Cl2N2. The van der Waals surface area contributed by atoms with Crippen molar-refractivity contribution in [3.8, 4) is 0 Å². The zero-order chi connectivity index (χ0) is 14.5. The van der Waals surface area contributed by atoms with Crippen molar-refractivity contribution >= 4 is 12.4 Å². The van der Waals surface area contributed by atoms with E-state index in [-0.39, 0.29) is 24.8 Å². The lowest BCUT2D eigenvalue weighted by molar-refractivity contribution is -0.911. The van der Waals surface area contributed by atoms with Gasteiger partial charge in [0.2, 0.25) is 0 Å². The molecule has 1 aliphatic heterocycles. The minimum absolute atomic E-state index is 0. The molecule has 0 atom stereocenters. The number of piperazine rings is 1. The van der Waals surface area contributed by atoms with Crippen LogP contribution >= 0.6 is 12.4 Å². The van der Waals surface area contributed by atoms with Crippen molar-refractivity contribution in [3.05, 3.63) is 0 Å². The lowest BCUT2D eigenvalue weighted by Crippen LogP contribution is -3.00. The largest absolute Gasteiger partial charge is 1.00 e. The summed E-state index contributed by atoms with van der Waals surface area (Å²) in [4.78, 5) is 0. The van der Waals surface area contributed by atoms with Gasteiger partial charge in [0, 0.05) is 13.1 Å². The standard InChI is InChI=1S/C18H39N2.2ClH/c1-3-4-5-6-7-8-9-10-11-12-13-16-20(2)17-14-19-15-18-20;;/h19H,3-18H2,1-2H3;2*1H/q+1;;/p-1. The highest BCUT2D eigenvalue weighted by atomic mass is 35.5. The summed E-state index contributed by atoms with van der Waals surface area (Å²) >= 11 is 0. The molecule has 0 saturated carbocycles. The fourth-order valence-electron chi connectivity index (χ4n) is 3.32. The van der Waals surface area contributed by atoms with E-state index in [9.17, 15) is 0 Å². The Kier molecular flexibility index (Phi) is 18.4. The summed E-state index contributed by atoms with van der Waals surface area (Å²) in [6.07, 6.45) is 16.0. The van der Waals surface area contributed by atoms with Crippen molar-refractivity contribution in [2.24, 2.45) is 0 Å². The summed E-state index contributed by atoms with van der Waals surface area (Å²) in [7, 11) is 2.44. The van der Waals surface area contributed by atoms with E-state index in [1.54, 1.807) is 0 Å². The van der Waals surface area contributed by atoms with Gasteiger partial charge >= 0.3 is 0 Å². The Labute approximate surface area is 152 Å². The average Bonchev–Trinajstić information content (AvgIpc) is 2.45. The maximum absolute atomic E-state index is 3.47. The van der Waals surface area contributed by atoms with E-state index in [0.717, 1.165) is 0 Å². The van der Waals surface area contributed by atoms with Crippen LogP contribution in [0.25, 0.3) is 0 Å². The maximum atomic E-state index is 3.47. The third kappa shape index (κ3) is 13.0. The van der Waals surface area contributed by atoms with E-state index in [1.807, 2.05) is 0 Å². The number of nitrogens with one attached hydrogen (secondary N) is 1. The monoisotopic (exact) mass is 354 g/mol. The van der Waals surface area contributed by atoms with Crippen molar-refractivity contribution in [2.75, 3.05) is 39.8 Å². The highest BCUT2D eigenvalue weighted by Crippen LogP contribution is 2.13. The van der Waals surface area contributed by atoms with Crippen LogP contribution < -0.4 is 17.7 Å². The van der Waals surface area contributed by atoms with Crippen LogP contribution in [0.15, 0.2) is 0 Å². The van der Waals surface area contributed by atoms with Crippen molar-refractivity contribution in [1.82, 2.24) is 5.32 Å². The molecule has 1 aliphatic rings. The lowest BCUT2D eigenvalue weighted by Gasteiger charge is -2.38. The first kappa shape index (κ1) is 24.7. The Morgan fingerprint density at radius 2 is 1.14 bits per heavy atom. The minimum Gasteiger partial charge on any atom is -1.00 e. The van der Waals surface area contributed by atoms with Crippen molar-refractivity contribution < 1.29 is 16.9 Å². The van der Waals surface area contributed by atoms with Crippen molar-refractivity contribution in [2.45, 2.75) is 77.6 Å². The molecule has 22 heavy (non-hydrogen) atoms. The molecule has 1 saturated heterocycles. The number of halogens is 2. The highest BCUT2D eigenvalue weighted by Gasteiger charge is 2.23. The van der Waals surface area contributed by atoms with E-state index in [1.165, 1.54) is 108 Å². The van der Waals surface area contributed by atoms with Gasteiger partial charge in [0.25, 0.3) is 0 Å². The lowest BCUT2D eigenvalue weighted by atomic mass is 10.1. The molecule has 0 bridgehead atoms. The second kappa shape index (κ2) is 16.4. The maximum Gasteiger partial charge on any atom is 0.0911 e. The Hall–Kier alpha value is 0.500. The van der Waals surface area contributed by atoms with E-state index in [0.29, 0.717) is 0 Å². The van der Waals surface area contributed by atoms with E-state index in [2.05, 4.69) is 19.3 Å². The zero-order valence-corrected chi connectivity index (χ0v) is 16.6. The van der Waals surface area contributed by atoms with Gasteiger partial charge in [-0.2, -0.15) is 0 Å². The zero-order valence-electron chi connectivity index (χ0n) is 15.0. The molecule has 0 aromatic rings. The summed E-state index contributed by atoms with van der Waals surface area (Å²) in [5.41, 5.74) is 0. The van der Waals surface area contributed by atoms with Gasteiger partial charge in [-0.3, -0.25) is 0 Å². The summed E-state index contributed by atoms with van der Waals surface area (Å²) < 4.78 is 1.31. The molecule has 4 heteroatoms. The number of unbranched alkanes of at least 4 members (excludes halogenated alkanes) is 10. The fourth-order valence-corrected chi connectivity index (χ4v) is 3.32. The number of hydrogen-bond donors (Lipinski definition) is 1. The van der Waals surface area contributed by atoms with Crippen molar-refractivity contribution in [1.29, 1.82) is 0 Å². The molecule has 0 amide bonds. The number of likely N-dealkylation sites (N-methyl/N-ethyl adjacent to an activating group) is 1. The highest BCUT2D eigenvalue weighted by molar-refractivity contribution is 5.85. The molecule has 136 valence electrons. The first-order valence-electron chi connectivity index (χ1n) is 9.31. The predicted octanol–water partition coefficient (Wildman–Crippen LogP) is 1.77. The molecule has 1 rings (SSSR count). The van der Waals surface area contributed by atoms with Crippen LogP contribution in [0.3, 0.4) is 0 Å². The normalized spacial score (nSPS) is 16.6. The van der Waals surface area contributed by atoms with E-state index < -0.39 is 0 Å². The second-order valence-corrected chi connectivity index (χ2v) is 7.08. The van der Waals surface area contributed by atoms with E-state index in [4.69, 9.17) is 0 Å². The first-order chi connectivity index (χ1) is 9.77. The van der Waals surface area contributed by atoms with Crippen LogP contribution in [0.4, 0.5) is 0 Å². The summed E-state index contributed by atoms with van der Waals surface area (Å²) in [5.74, 6) is 0. The van der Waals surface area contributed by atoms with Crippen LogP contribution in [-0.4, -0.2) is 44.3 Å². The van der Waals surface area contributed by atoms with Gasteiger partial charge in [-0.25, -0.2) is 0 Å². The van der Waals surface area contributed by atoms with Gasteiger partial charge in [0.05, 0.1) is 26.7 Å². The second-order valence-electron chi connectivity index (χ2n) is 7.08. The number of hydrogen-bond acceptors (Lipinski definition) is 1. The molecule has 1 N–H and O–H groups in total. The molecule has 2 nitrogen and oxygen atoms in total. The molecular weight excluding hydrogens is 315 g/mol. The summed E-state index contributed by atoms with van der Waals surface area (Å²) in [6.45, 7) is 8.79. The SMILES string of the molecule is CCCCCCCCCCCCC[N+]1(C)CCNCC1.Cl.[Cl-]. The smallest absolute Gasteiger partial charge is 0.0911 e. The molecule has 1 heterocycles. The van der Waals surface area contributed by atoms with Crippen LogP contribution in [0.5, 0.6) is 0 Å². The summed E-state index contributed by atoms with van der Waals surface area (Å²) in [5, 5.41) is 3.47. The third-order valence-corrected chi connectivity index (χ3v) is 4.96. The topological polar surface area (TPSA) is 12.0 Å². The first-order valence-corrected chi connectivity index (χ1v) is 9.31. The molecule has 0 unspecified atom stereocenters. The molecule has 0 aromatic carbocycles. The number of rotatable bonds is 12. The fraction of sp³-hybridized carbons (Fsp3) is 1.00. The van der Waals surface area contributed by atoms with Gasteiger partial charge in [0.15, 0.2) is 0 Å². The van der Waals surface area contributed by atoms with Gasteiger partial charge in [0.1, 0.15) is 0 Å². The molecule has 1 fully saturated rings. The molecule has 0 aliphatic carbocycles. The summed E-state index contributed by atoms with van der Waals surface area (Å²) in [6, 6.07) is 0. The predicted molar refractivity (Wildman–Crippen MR) is 97.4 cm³/mol. The van der Waals surface area contributed by atoms with Gasteiger partial charge in [-0.05, 0) is 12.8 Å². The third-order valence-electron chi connectivity index (χ3n) is 4.96. The van der Waals surface area contributed by atoms with Gasteiger partial charge < -0.3 is 22.2 Å². The number of nitrogens with zero attached hydrogens (tertiary/aromatic N) is 1. The molecule has 0 aromatic heterocycles. The van der Waals surface area contributed by atoms with Gasteiger partial charge in [-0.1, -0.05) is 64.7 Å². The Balaban J connectivity index is 0. The minimum atomic E-state index is 0. The van der Waals surface area contributed by atoms with Crippen LogP contribution in [0.1, 0.15) is 77.6 Å². The Morgan fingerprint density at radius 3 is 1.59 bits per heavy atom. The van der Waals surface area contributed by atoms with Crippen LogP contribution in [-0.2, 0) is 0 Å². The van der Waals surface area contributed by atoms with Crippen molar-refractivity contribution in [3.63, 3.8) is 0 Å². The van der Waals surface area contributed by atoms with E-state index >= 15 is 0 Å². The van der Waals surface area contributed by atoms with Crippen LogP contribution in [0.2, 0.25) is 0 Å². The molecule has 0 spiro atoms.